The fourth-order valence-corrected chi connectivity index (χ4v) is 8.43. The lowest BCUT2D eigenvalue weighted by Gasteiger charge is -2.30. The minimum atomic E-state index is -5.22. The maximum atomic E-state index is 16.7. The molecule has 3 aliphatic heterocycles. The number of nitrogens with zero attached hydrogens (tertiary/aromatic N) is 6. The number of nitrogens with two attached hydrogens (primary N) is 2. The number of methoxy groups -OCH3 is 1. The molecule has 3 atom stereocenters. The minimum Gasteiger partial charge on any atom is -0.490 e. The second-order valence-electron chi connectivity index (χ2n) is 12.9. The van der Waals surface area contributed by atoms with E-state index in [1.54, 1.807) is 13.0 Å². The number of nitrogen functional groups attached to an aromatic ring is 2. The van der Waals surface area contributed by atoms with Crippen molar-refractivity contribution in [2.45, 2.75) is 50.6 Å². The molecule has 0 saturated carbocycles. The predicted octanol–water partition coefficient (Wildman–Crippen LogP) is 7.54. The summed E-state index contributed by atoms with van der Waals surface area (Å²) >= 11 is 0.652. The molecule has 0 amide bonds. The number of alkyl halides is 4. The van der Waals surface area contributed by atoms with Gasteiger partial charge >= 0.3 is 12.2 Å². The molecule has 2 saturated heterocycles. The molecule has 0 spiro atoms. The van der Waals surface area contributed by atoms with Crippen molar-refractivity contribution in [1.29, 1.82) is 5.26 Å². The molecule has 4 N–H and O–H groups in total. The second-order valence-corrected chi connectivity index (χ2v) is 13.9. The number of hydrogen-bond donors (Lipinski definition) is 2. The van der Waals surface area contributed by atoms with Crippen molar-refractivity contribution < 1.29 is 40.2 Å². The van der Waals surface area contributed by atoms with Crippen molar-refractivity contribution in [1.82, 2.24) is 19.9 Å². The van der Waals surface area contributed by atoms with Crippen LogP contribution in [0.1, 0.15) is 48.9 Å². The number of nitriles is 1. The van der Waals surface area contributed by atoms with Crippen LogP contribution in [-0.2, 0) is 6.18 Å². The SMILES string of the molecule is COc1nc2c3c(c(C(F)(F)F)c(-c4ccc(F)c5sc(N)c(C#N)c45)c(F)c3n1)OCCN2C(C)c1ccc(F)nc1N.FC1CC2CCCN2C1. The van der Waals surface area contributed by atoms with E-state index in [0.29, 0.717) is 29.5 Å². The Kier molecular flexibility index (Phi) is 9.35. The van der Waals surface area contributed by atoms with Crippen LogP contribution in [0.3, 0.4) is 0 Å². The van der Waals surface area contributed by atoms with Crippen molar-refractivity contribution >= 4 is 49.0 Å². The summed E-state index contributed by atoms with van der Waals surface area (Å²) < 4.78 is 114. The van der Waals surface area contributed by atoms with Crippen LogP contribution in [-0.4, -0.2) is 65.4 Å². The molecule has 53 heavy (non-hydrogen) atoms. The molecule has 278 valence electrons. The molecular weight excluding hydrogens is 729 g/mol. The summed E-state index contributed by atoms with van der Waals surface area (Å²) in [6.07, 6.45) is -2.41. The van der Waals surface area contributed by atoms with Crippen LogP contribution >= 0.6 is 11.3 Å². The average molecular weight is 761 g/mol. The van der Waals surface area contributed by atoms with E-state index in [0.717, 1.165) is 31.2 Å². The zero-order valence-corrected chi connectivity index (χ0v) is 29.0. The fraction of sp³-hybridized carbons (Fsp3) is 0.371. The highest BCUT2D eigenvalue weighted by molar-refractivity contribution is 7.23. The average Bonchev–Trinajstić information content (AvgIpc) is 3.75. The summed E-state index contributed by atoms with van der Waals surface area (Å²) in [5, 5.41) is 8.89. The number of halogens is 7. The van der Waals surface area contributed by atoms with Gasteiger partial charge in [0.2, 0.25) is 5.95 Å². The van der Waals surface area contributed by atoms with Gasteiger partial charge in [-0.05, 0) is 56.5 Å². The zero-order chi connectivity index (χ0) is 37.9. The Morgan fingerprint density at radius 1 is 1.08 bits per heavy atom. The van der Waals surface area contributed by atoms with E-state index in [-0.39, 0.29) is 51.4 Å². The lowest BCUT2D eigenvalue weighted by molar-refractivity contribution is -0.138. The molecule has 18 heteroatoms. The number of benzene rings is 2. The van der Waals surface area contributed by atoms with E-state index in [4.69, 9.17) is 20.9 Å². The minimum absolute atomic E-state index is 0.0728. The Morgan fingerprint density at radius 2 is 1.85 bits per heavy atom. The van der Waals surface area contributed by atoms with Crippen molar-refractivity contribution in [2.24, 2.45) is 0 Å². The second kappa shape index (κ2) is 13.7. The van der Waals surface area contributed by atoms with Gasteiger partial charge in [0.25, 0.3) is 0 Å². The molecule has 0 aliphatic carbocycles. The van der Waals surface area contributed by atoms with Gasteiger partial charge in [0.05, 0.1) is 35.3 Å². The number of fused-ring (bicyclic) bond motifs is 2. The van der Waals surface area contributed by atoms with E-state index in [1.165, 1.54) is 30.9 Å². The Hall–Kier alpha value is -5.15. The van der Waals surface area contributed by atoms with Crippen LogP contribution in [0.4, 0.5) is 47.4 Å². The normalized spacial score (nSPS) is 19.0. The van der Waals surface area contributed by atoms with Gasteiger partial charge in [-0.25, -0.2) is 18.2 Å². The number of anilines is 3. The quantitative estimate of drug-likeness (QED) is 0.140. The molecular formula is C35H31F7N8O2S. The van der Waals surface area contributed by atoms with Gasteiger partial charge in [-0.1, -0.05) is 6.07 Å². The first-order valence-electron chi connectivity index (χ1n) is 16.5. The van der Waals surface area contributed by atoms with E-state index < -0.39 is 69.3 Å². The first-order valence-corrected chi connectivity index (χ1v) is 17.3. The van der Waals surface area contributed by atoms with E-state index in [9.17, 15) is 18.4 Å². The number of pyridine rings is 1. The van der Waals surface area contributed by atoms with Crippen molar-refractivity contribution in [3.8, 4) is 29.0 Å². The van der Waals surface area contributed by atoms with Gasteiger partial charge in [-0.15, -0.1) is 11.3 Å². The molecule has 6 heterocycles. The number of hydrogen-bond acceptors (Lipinski definition) is 11. The molecule has 2 aromatic carbocycles. The predicted molar refractivity (Wildman–Crippen MR) is 185 cm³/mol. The summed E-state index contributed by atoms with van der Waals surface area (Å²) in [4.78, 5) is 15.7. The Morgan fingerprint density at radius 3 is 2.53 bits per heavy atom. The maximum Gasteiger partial charge on any atom is 0.420 e. The van der Waals surface area contributed by atoms with Gasteiger partial charge in [0, 0.05) is 29.1 Å². The summed E-state index contributed by atoms with van der Waals surface area (Å²) in [6, 6.07) is 5.51. The highest BCUT2D eigenvalue weighted by Gasteiger charge is 2.44. The van der Waals surface area contributed by atoms with Crippen LogP contribution in [0.15, 0.2) is 24.3 Å². The monoisotopic (exact) mass is 760 g/mol. The highest BCUT2D eigenvalue weighted by Crippen LogP contribution is 2.53. The summed E-state index contributed by atoms with van der Waals surface area (Å²) in [5.41, 5.74) is 8.32. The van der Waals surface area contributed by atoms with Crippen LogP contribution < -0.4 is 25.8 Å². The molecule has 0 radical (unpaired) electrons. The first-order chi connectivity index (χ1) is 25.2. The van der Waals surface area contributed by atoms with Gasteiger partial charge in [0.1, 0.15) is 58.1 Å². The number of ether oxygens (including phenoxy) is 2. The molecule has 5 aromatic rings. The third kappa shape index (κ3) is 6.24. The van der Waals surface area contributed by atoms with Crippen LogP contribution in [0.25, 0.3) is 32.1 Å². The molecule has 0 bridgehead atoms. The van der Waals surface area contributed by atoms with Gasteiger partial charge < -0.3 is 25.8 Å². The Balaban J connectivity index is 0.000000418. The summed E-state index contributed by atoms with van der Waals surface area (Å²) in [5.74, 6) is -4.24. The zero-order valence-electron chi connectivity index (χ0n) is 28.2. The highest BCUT2D eigenvalue weighted by atomic mass is 32.1. The molecule has 2 fully saturated rings. The summed E-state index contributed by atoms with van der Waals surface area (Å²) in [6.45, 7) is 3.08. The molecule has 3 aromatic heterocycles. The van der Waals surface area contributed by atoms with Crippen molar-refractivity contribution in [3.05, 3.63) is 58.5 Å². The van der Waals surface area contributed by atoms with Crippen LogP contribution in [0, 0.1) is 28.9 Å². The Labute approximate surface area is 301 Å². The maximum absolute atomic E-state index is 16.7. The van der Waals surface area contributed by atoms with E-state index >= 15 is 17.6 Å². The van der Waals surface area contributed by atoms with E-state index in [2.05, 4.69) is 19.9 Å². The Bertz CT molecular complexity index is 2280. The largest absolute Gasteiger partial charge is 0.490 e. The lowest BCUT2D eigenvalue weighted by atomic mass is 9.91. The van der Waals surface area contributed by atoms with Gasteiger partial charge in [0.15, 0.2) is 5.82 Å². The standard InChI is InChI=1S/C28H19F6N7O2S.C7H12FN/c1-10(11-4-6-15(30)38-24(11)36)41-7-8-43-22-18-21(39-27(42-2)40-26(18)41)20(31)17(19(22)28(32,33)34)12-3-5-14(29)23-16(12)13(9-35)25(37)44-23;8-6-4-7-2-1-3-9(7)5-6/h3-6,10H,7-8,37H2,1-2H3,(H2,36,38);6-7H,1-5H2. The fourth-order valence-electron chi connectivity index (χ4n) is 7.48. The lowest BCUT2D eigenvalue weighted by Crippen LogP contribution is -2.31. The molecule has 3 unspecified atom stereocenters. The molecule has 3 aliphatic rings. The molecule has 8 rings (SSSR count). The van der Waals surface area contributed by atoms with E-state index in [1.807, 2.05) is 0 Å². The number of rotatable bonds is 4. The number of aromatic nitrogens is 3. The number of thiophene rings is 1. The first kappa shape index (κ1) is 36.2. The topological polar surface area (TPSA) is 139 Å². The smallest absolute Gasteiger partial charge is 0.420 e. The molecule has 10 nitrogen and oxygen atoms in total. The van der Waals surface area contributed by atoms with Crippen molar-refractivity contribution in [3.63, 3.8) is 0 Å². The van der Waals surface area contributed by atoms with Crippen molar-refractivity contribution in [2.75, 3.05) is 49.7 Å². The van der Waals surface area contributed by atoms with Gasteiger partial charge in [-0.2, -0.15) is 32.8 Å². The van der Waals surface area contributed by atoms with Gasteiger partial charge in [-0.3, -0.25) is 4.90 Å². The third-order valence-electron chi connectivity index (χ3n) is 9.82. The third-order valence-corrected chi connectivity index (χ3v) is 10.8. The van der Waals surface area contributed by atoms with Crippen LogP contribution in [0.2, 0.25) is 0 Å². The van der Waals surface area contributed by atoms with Crippen LogP contribution in [0.5, 0.6) is 11.8 Å². The summed E-state index contributed by atoms with van der Waals surface area (Å²) in [7, 11) is 1.19.